The number of hydrogen-bond acceptors (Lipinski definition) is 4. The van der Waals surface area contributed by atoms with Gasteiger partial charge in [0.1, 0.15) is 11.6 Å². The van der Waals surface area contributed by atoms with Crippen LogP contribution in [0.3, 0.4) is 0 Å². The van der Waals surface area contributed by atoms with Crippen LogP contribution in [-0.2, 0) is 11.3 Å². The summed E-state index contributed by atoms with van der Waals surface area (Å²) >= 11 is 0. The third kappa shape index (κ3) is 4.83. The van der Waals surface area contributed by atoms with E-state index in [4.69, 9.17) is 5.73 Å². The minimum Gasteiger partial charge on any atom is -0.342 e. The molecule has 2 heterocycles. The van der Waals surface area contributed by atoms with Crippen LogP contribution in [0.25, 0.3) is 0 Å². The van der Waals surface area contributed by atoms with Gasteiger partial charge in [-0.05, 0) is 51.9 Å². The molecule has 1 aliphatic carbocycles. The molecular formula is C16H29Cl2N5O. The Hall–Kier alpha value is -0.850. The Balaban J connectivity index is 0.00000144. The number of amides is 1. The van der Waals surface area contributed by atoms with Gasteiger partial charge in [-0.2, -0.15) is 5.10 Å². The van der Waals surface area contributed by atoms with Gasteiger partial charge < -0.3 is 10.6 Å². The highest BCUT2D eigenvalue weighted by Crippen LogP contribution is 2.28. The van der Waals surface area contributed by atoms with Crippen molar-refractivity contribution in [3.05, 3.63) is 11.6 Å². The summed E-state index contributed by atoms with van der Waals surface area (Å²) in [7, 11) is 0. The summed E-state index contributed by atoms with van der Waals surface area (Å²) in [4.78, 5) is 19.1. The van der Waals surface area contributed by atoms with Crippen LogP contribution in [0.15, 0.2) is 0 Å². The van der Waals surface area contributed by atoms with E-state index in [0.717, 1.165) is 63.4 Å². The van der Waals surface area contributed by atoms with Gasteiger partial charge in [0.15, 0.2) is 0 Å². The van der Waals surface area contributed by atoms with Crippen LogP contribution in [0.2, 0.25) is 0 Å². The van der Waals surface area contributed by atoms with Gasteiger partial charge in [-0.1, -0.05) is 0 Å². The predicted molar refractivity (Wildman–Crippen MR) is 98.6 cm³/mol. The largest absolute Gasteiger partial charge is 0.342 e. The number of piperidine rings is 1. The van der Waals surface area contributed by atoms with E-state index in [0.29, 0.717) is 11.8 Å². The first-order chi connectivity index (χ1) is 10.5. The monoisotopic (exact) mass is 377 g/mol. The number of nitrogens with zero attached hydrogens (tertiary/aromatic N) is 4. The summed E-state index contributed by atoms with van der Waals surface area (Å²) in [5.41, 5.74) is 5.95. The standard InChI is InChI=1S/C16H27N5O.2ClH/c1-11-18-12(2)21(19-11)10-13-4-3-7-20(9-13)16(22)14-5-6-15(17)8-14;;/h13-15H,3-10,17H2,1-2H3;2*1H. The van der Waals surface area contributed by atoms with Gasteiger partial charge in [-0.3, -0.25) is 4.79 Å². The van der Waals surface area contributed by atoms with Gasteiger partial charge in [0.05, 0.1) is 0 Å². The van der Waals surface area contributed by atoms with E-state index >= 15 is 0 Å². The number of aryl methyl sites for hydroxylation is 2. The van der Waals surface area contributed by atoms with Crippen LogP contribution in [0.4, 0.5) is 0 Å². The summed E-state index contributed by atoms with van der Waals surface area (Å²) < 4.78 is 1.99. The minimum absolute atomic E-state index is 0. The van der Waals surface area contributed by atoms with Gasteiger partial charge >= 0.3 is 0 Å². The van der Waals surface area contributed by atoms with Crippen LogP contribution < -0.4 is 5.73 Å². The highest BCUT2D eigenvalue weighted by Gasteiger charge is 2.33. The molecule has 0 radical (unpaired) electrons. The molecule has 1 saturated heterocycles. The van der Waals surface area contributed by atoms with Gasteiger partial charge in [0.25, 0.3) is 0 Å². The van der Waals surface area contributed by atoms with Crippen LogP contribution >= 0.6 is 24.8 Å². The molecule has 1 aromatic rings. The predicted octanol–water partition coefficient (Wildman–Crippen LogP) is 2.10. The third-order valence-electron chi connectivity index (χ3n) is 5.05. The summed E-state index contributed by atoms with van der Waals surface area (Å²) in [6.45, 7) is 6.52. The lowest BCUT2D eigenvalue weighted by molar-refractivity contribution is -0.137. The fourth-order valence-corrected chi connectivity index (χ4v) is 3.89. The van der Waals surface area contributed by atoms with Crippen molar-refractivity contribution in [2.24, 2.45) is 17.6 Å². The van der Waals surface area contributed by atoms with Crippen molar-refractivity contribution in [3.8, 4) is 0 Å². The fourth-order valence-electron chi connectivity index (χ4n) is 3.89. The van der Waals surface area contributed by atoms with Crippen molar-refractivity contribution in [2.75, 3.05) is 13.1 Å². The molecule has 2 aliphatic rings. The molecule has 1 amide bonds. The first-order valence-corrected chi connectivity index (χ1v) is 8.45. The zero-order valence-electron chi connectivity index (χ0n) is 14.5. The van der Waals surface area contributed by atoms with E-state index < -0.39 is 0 Å². The van der Waals surface area contributed by atoms with Gasteiger partial charge in [0.2, 0.25) is 5.91 Å². The molecule has 8 heteroatoms. The second-order valence-corrected chi connectivity index (χ2v) is 6.95. The maximum absolute atomic E-state index is 12.7. The summed E-state index contributed by atoms with van der Waals surface area (Å²) in [6, 6.07) is 0.218. The second kappa shape index (κ2) is 9.02. The minimum atomic E-state index is 0. The number of rotatable bonds is 3. The Morgan fingerprint density at radius 3 is 2.58 bits per heavy atom. The smallest absolute Gasteiger partial charge is 0.225 e. The number of carbonyl (C=O) groups excluding carboxylic acids is 1. The molecule has 138 valence electrons. The quantitative estimate of drug-likeness (QED) is 0.874. The number of carbonyl (C=O) groups is 1. The summed E-state index contributed by atoms with van der Waals surface area (Å²) in [5, 5.41) is 4.45. The molecule has 1 aromatic heterocycles. The summed E-state index contributed by atoms with van der Waals surface area (Å²) in [5.74, 6) is 2.74. The zero-order valence-corrected chi connectivity index (χ0v) is 16.1. The van der Waals surface area contributed by atoms with E-state index in [-0.39, 0.29) is 36.8 Å². The molecule has 1 aliphatic heterocycles. The Kier molecular flexibility index (Phi) is 7.96. The van der Waals surface area contributed by atoms with E-state index in [9.17, 15) is 4.79 Å². The Morgan fingerprint density at radius 1 is 1.25 bits per heavy atom. The molecule has 1 saturated carbocycles. The fraction of sp³-hybridized carbons (Fsp3) is 0.812. The van der Waals surface area contributed by atoms with Crippen LogP contribution in [0.5, 0.6) is 0 Å². The van der Waals surface area contributed by atoms with Crippen molar-refractivity contribution in [2.45, 2.75) is 58.5 Å². The number of nitrogens with two attached hydrogens (primary N) is 1. The molecule has 0 spiro atoms. The third-order valence-corrected chi connectivity index (χ3v) is 5.05. The lowest BCUT2D eigenvalue weighted by Crippen LogP contribution is -2.43. The Labute approximate surface area is 156 Å². The van der Waals surface area contributed by atoms with Gasteiger partial charge in [0, 0.05) is 31.6 Å². The first kappa shape index (κ1) is 21.2. The zero-order chi connectivity index (χ0) is 15.7. The highest BCUT2D eigenvalue weighted by atomic mass is 35.5. The van der Waals surface area contributed by atoms with Crippen LogP contribution in [0.1, 0.15) is 43.8 Å². The van der Waals surface area contributed by atoms with Crippen molar-refractivity contribution in [1.82, 2.24) is 19.7 Å². The molecule has 6 nitrogen and oxygen atoms in total. The number of likely N-dealkylation sites (tertiary alicyclic amines) is 1. The second-order valence-electron chi connectivity index (χ2n) is 6.95. The molecule has 0 bridgehead atoms. The number of halogens is 2. The van der Waals surface area contributed by atoms with Crippen molar-refractivity contribution in [3.63, 3.8) is 0 Å². The number of aromatic nitrogens is 3. The molecule has 0 aromatic carbocycles. The van der Waals surface area contributed by atoms with Crippen molar-refractivity contribution in [1.29, 1.82) is 0 Å². The van der Waals surface area contributed by atoms with E-state index in [2.05, 4.69) is 15.0 Å². The van der Waals surface area contributed by atoms with E-state index in [1.807, 2.05) is 18.5 Å². The summed E-state index contributed by atoms with van der Waals surface area (Å²) in [6.07, 6.45) is 5.06. The average Bonchev–Trinajstić information content (AvgIpc) is 3.05. The van der Waals surface area contributed by atoms with Crippen molar-refractivity contribution < 1.29 is 4.79 Å². The maximum atomic E-state index is 12.7. The Bertz CT molecular complexity index is 551. The van der Waals surface area contributed by atoms with Crippen LogP contribution in [-0.4, -0.2) is 44.7 Å². The molecule has 3 atom stereocenters. The topological polar surface area (TPSA) is 77.0 Å². The SMILES string of the molecule is Cc1nc(C)n(CC2CCCN(C(=O)C3CCC(N)C3)C2)n1.Cl.Cl. The van der Waals surface area contributed by atoms with Crippen molar-refractivity contribution >= 4 is 30.7 Å². The van der Waals surface area contributed by atoms with Gasteiger partial charge in [-0.25, -0.2) is 9.67 Å². The molecule has 3 unspecified atom stereocenters. The average molecular weight is 378 g/mol. The molecule has 2 fully saturated rings. The lowest BCUT2D eigenvalue weighted by atomic mass is 9.96. The molecule has 24 heavy (non-hydrogen) atoms. The number of hydrogen-bond donors (Lipinski definition) is 1. The molecular weight excluding hydrogens is 349 g/mol. The van der Waals surface area contributed by atoms with E-state index in [1.165, 1.54) is 0 Å². The normalized spacial score (nSPS) is 26.6. The maximum Gasteiger partial charge on any atom is 0.225 e. The van der Waals surface area contributed by atoms with Gasteiger partial charge in [-0.15, -0.1) is 24.8 Å². The lowest BCUT2D eigenvalue weighted by Gasteiger charge is -2.34. The highest BCUT2D eigenvalue weighted by molar-refractivity contribution is 5.85. The molecule has 3 rings (SSSR count). The Morgan fingerprint density at radius 2 is 2.00 bits per heavy atom. The first-order valence-electron chi connectivity index (χ1n) is 8.45. The van der Waals surface area contributed by atoms with E-state index in [1.54, 1.807) is 0 Å². The molecule has 2 N–H and O–H groups in total. The van der Waals surface area contributed by atoms with Crippen LogP contribution in [0, 0.1) is 25.7 Å².